The van der Waals surface area contributed by atoms with Crippen molar-refractivity contribution in [3.63, 3.8) is 0 Å². The molecule has 0 bridgehead atoms. The summed E-state index contributed by atoms with van der Waals surface area (Å²) in [6, 6.07) is 0.529. The zero-order valence-corrected chi connectivity index (χ0v) is 11.2. The maximum absolute atomic E-state index is 11.4. The van der Waals surface area contributed by atoms with E-state index < -0.39 is 0 Å². The van der Waals surface area contributed by atoms with E-state index in [9.17, 15) is 4.79 Å². The fourth-order valence-electron chi connectivity index (χ4n) is 1.58. The molecule has 0 aromatic rings. The van der Waals surface area contributed by atoms with Crippen LogP contribution in [0.3, 0.4) is 0 Å². The number of carbonyl (C=O) groups is 1. The Labute approximate surface area is 99.8 Å². The summed E-state index contributed by atoms with van der Waals surface area (Å²) in [5.41, 5.74) is 5.51. The fraction of sp³-hybridized carbons (Fsp3) is 0.917. The molecule has 0 fully saturated rings. The van der Waals surface area contributed by atoms with E-state index >= 15 is 0 Å². The minimum Gasteiger partial charge on any atom is -0.349 e. The molecule has 0 unspecified atom stereocenters. The minimum absolute atomic E-state index is 0.211. The normalized spacial score (nSPS) is 11.2. The lowest BCUT2D eigenvalue weighted by Crippen LogP contribution is -2.34. The smallest absolute Gasteiger partial charge is 0.222 e. The summed E-state index contributed by atoms with van der Waals surface area (Å²) in [5, 5.41) is 0. The third kappa shape index (κ3) is 6.80. The van der Waals surface area contributed by atoms with Gasteiger partial charge in [-0.15, -0.1) is 0 Å². The van der Waals surface area contributed by atoms with Crippen LogP contribution in [0.5, 0.6) is 0 Å². The lowest BCUT2D eigenvalue weighted by Gasteiger charge is -2.26. The Hall–Kier alpha value is -0.610. The minimum atomic E-state index is 0.211. The molecule has 0 atom stereocenters. The summed E-state index contributed by atoms with van der Waals surface area (Å²) >= 11 is 0. The van der Waals surface area contributed by atoms with Crippen LogP contribution in [-0.2, 0) is 4.79 Å². The van der Waals surface area contributed by atoms with Gasteiger partial charge in [-0.3, -0.25) is 4.79 Å². The first-order valence-corrected chi connectivity index (χ1v) is 6.13. The van der Waals surface area contributed by atoms with Crippen molar-refractivity contribution in [2.24, 2.45) is 5.73 Å². The first kappa shape index (κ1) is 15.4. The lowest BCUT2D eigenvalue weighted by molar-refractivity contribution is -0.128. The first-order chi connectivity index (χ1) is 7.49. The molecular formula is C12H27N3O. The van der Waals surface area contributed by atoms with Crippen LogP contribution in [0.25, 0.3) is 0 Å². The quantitative estimate of drug-likeness (QED) is 0.673. The third-order valence-corrected chi connectivity index (χ3v) is 2.71. The molecule has 0 radical (unpaired) electrons. The average Bonchev–Trinajstić information content (AvgIpc) is 2.21. The number of amides is 1. The number of hydrogen-bond acceptors (Lipinski definition) is 3. The van der Waals surface area contributed by atoms with E-state index in [1.807, 2.05) is 0 Å². The highest BCUT2D eigenvalue weighted by atomic mass is 16.2. The molecule has 0 aromatic carbocycles. The molecule has 4 heteroatoms. The molecule has 0 saturated heterocycles. The topological polar surface area (TPSA) is 49.6 Å². The molecular weight excluding hydrogens is 202 g/mol. The SMILES string of the molecule is CC(C)N(CCCN)CCCC(=O)N(C)C. The van der Waals surface area contributed by atoms with Gasteiger partial charge in [-0.2, -0.15) is 0 Å². The van der Waals surface area contributed by atoms with Gasteiger partial charge >= 0.3 is 0 Å². The molecule has 0 aliphatic carbocycles. The van der Waals surface area contributed by atoms with Gasteiger partial charge < -0.3 is 15.5 Å². The van der Waals surface area contributed by atoms with E-state index in [4.69, 9.17) is 5.73 Å². The predicted octanol–water partition coefficient (Wildman–Crippen LogP) is 0.914. The van der Waals surface area contributed by atoms with Gasteiger partial charge in [0.15, 0.2) is 0 Å². The second kappa shape index (κ2) is 8.53. The summed E-state index contributed by atoms with van der Waals surface area (Å²) in [6.07, 6.45) is 2.60. The molecule has 0 aliphatic rings. The van der Waals surface area contributed by atoms with Crippen molar-refractivity contribution >= 4 is 5.91 Å². The van der Waals surface area contributed by atoms with Gasteiger partial charge in [0.25, 0.3) is 0 Å². The van der Waals surface area contributed by atoms with Gasteiger partial charge in [-0.1, -0.05) is 0 Å². The van der Waals surface area contributed by atoms with Crippen molar-refractivity contribution in [2.45, 2.75) is 39.2 Å². The van der Waals surface area contributed by atoms with Crippen molar-refractivity contribution in [3.8, 4) is 0 Å². The Morgan fingerprint density at radius 2 is 1.75 bits per heavy atom. The van der Waals surface area contributed by atoms with E-state index in [1.54, 1.807) is 19.0 Å². The van der Waals surface area contributed by atoms with Crippen molar-refractivity contribution in [1.82, 2.24) is 9.80 Å². The maximum Gasteiger partial charge on any atom is 0.222 e. The van der Waals surface area contributed by atoms with Crippen LogP contribution in [0, 0.1) is 0 Å². The highest BCUT2D eigenvalue weighted by Gasteiger charge is 2.10. The molecule has 0 rings (SSSR count). The van der Waals surface area contributed by atoms with E-state index in [2.05, 4.69) is 18.7 Å². The number of carbonyl (C=O) groups excluding carboxylic acids is 1. The van der Waals surface area contributed by atoms with Gasteiger partial charge in [0.1, 0.15) is 0 Å². The monoisotopic (exact) mass is 229 g/mol. The van der Waals surface area contributed by atoms with Crippen LogP contribution in [0.4, 0.5) is 0 Å². The fourth-order valence-corrected chi connectivity index (χ4v) is 1.58. The molecule has 0 saturated carbocycles. The first-order valence-electron chi connectivity index (χ1n) is 6.13. The lowest BCUT2D eigenvalue weighted by atomic mass is 10.2. The molecule has 4 nitrogen and oxygen atoms in total. The van der Waals surface area contributed by atoms with Gasteiger partial charge in [-0.25, -0.2) is 0 Å². The van der Waals surface area contributed by atoms with E-state index in [0.717, 1.165) is 32.5 Å². The van der Waals surface area contributed by atoms with Gasteiger partial charge in [0, 0.05) is 26.6 Å². The zero-order valence-electron chi connectivity index (χ0n) is 11.2. The third-order valence-electron chi connectivity index (χ3n) is 2.71. The van der Waals surface area contributed by atoms with E-state index in [-0.39, 0.29) is 5.91 Å². The van der Waals surface area contributed by atoms with Crippen molar-refractivity contribution < 1.29 is 4.79 Å². The summed E-state index contributed by atoms with van der Waals surface area (Å²) in [4.78, 5) is 15.4. The van der Waals surface area contributed by atoms with Crippen LogP contribution < -0.4 is 5.73 Å². The summed E-state index contributed by atoms with van der Waals surface area (Å²) in [6.45, 7) is 7.12. The molecule has 0 spiro atoms. The average molecular weight is 229 g/mol. The van der Waals surface area contributed by atoms with Crippen molar-refractivity contribution in [2.75, 3.05) is 33.7 Å². The van der Waals surface area contributed by atoms with Gasteiger partial charge in [-0.05, 0) is 46.3 Å². The molecule has 16 heavy (non-hydrogen) atoms. The van der Waals surface area contributed by atoms with E-state index in [0.29, 0.717) is 12.5 Å². The van der Waals surface area contributed by atoms with Crippen LogP contribution in [0.1, 0.15) is 33.1 Å². The molecule has 0 aliphatic heterocycles. The number of nitrogens with zero attached hydrogens (tertiary/aromatic N) is 2. The predicted molar refractivity (Wildman–Crippen MR) is 68.3 cm³/mol. The number of nitrogens with two attached hydrogens (primary N) is 1. The van der Waals surface area contributed by atoms with Gasteiger partial charge in [0.05, 0.1) is 0 Å². The van der Waals surface area contributed by atoms with Crippen molar-refractivity contribution in [3.05, 3.63) is 0 Å². The Morgan fingerprint density at radius 1 is 1.19 bits per heavy atom. The molecule has 0 aromatic heterocycles. The molecule has 2 N–H and O–H groups in total. The Balaban J connectivity index is 3.80. The summed E-state index contributed by atoms with van der Waals surface area (Å²) in [7, 11) is 3.61. The number of hydrogen-bond donors (Lipinski definition) is 1. The highest BCUT2D eigenvalue weighted by molar-refractivity contribution is 5.75. The number of rotatable bonds is 8. The van der Waals surface area contributed by atoms with Crippen molar-refractivity contribution in [1.29, 1.82) is 0 Å². The standard InChI is InChI=1S/C12H27N3O/c1-11(2)15(10-6-8-13)9-5-7-12(16)14(3)4/h11H,5-10,13H2,1-4H3. The van der Waals surface area contributed by atoms with Gasteiger partial charge in [0.2, 0.25) is 5.91 Å². The molecule has 0 heterocycles. The Bertz CT molecular complexity index is 193. The maximum atomic E-state index is 11.4. The van der Waals surface area contributed by atoms with Crippen LogP contribution in [0.2, 0.25) is 0 Å². The largest absolute Gasteiger partial charge is 0.349 e. The summed E-state index contributed by atoms with van der Waals surface area (Å²) < 4.78 is 0. The summed E-state index contributed by atoms with van der Waals surface area (Å²) in [5.74, 6) is 0.211. The second-order valence-electron chi connectivity index (χ2n) is 4.66. The Kier molecular flexibility index (Phi) is 8.21. The zero-order chi connectivity index (χ0) is 12.6. The second-order valence-corrected chi connectivity index (χ2v) is 4.66. The molecule has 1 amide bonds. The van der Waals surface area contributed by atoms with E-state index in [1.165, 1.54) is 0 Å². The highest BCUT2D eigenvalue weighted by Crippen LogP contribution is 2.03. The molecule has 96 valence electrons. The Morgan fingerprint density at radius 3 is 2.19 bits per heavy atom. The van der Waals surface area contributed by atoms with Crippen LogP contribution in [0.15, 0.2) is 0 Å². The van der Waals surface area contributed by atoms with Crippen LogP contribution >= 0.6 is 0 Å². The van der Waals surface area contributed by atoms with Crippen LogP contribution in [-0.4, -0.2) is 55.5 Å².